The lowest BCUT2D eigenvalue weighted by atomic mass is 9.94. The molecule has 2 N–H and O–H groups in total. The van der Waals surface area contributed by atoms with Crippen molar-refractivity contribution in [3.63, 3.8) is 0 Å². The van der Waals surface area contributed by atoms with Crippen LogP contribution in [0.25, 0.3) is 10.9 Å². The first-order valence-electron chi connectivity index (χ1n) is 6.94. The molecule has 3 aromatic rings. The summed E-state index contributed by atoms with van der Waals surface area (Å²) in [5.74, 6) is 0.823. The van der Waals surface area contributed by atoms with Crippen LogP contribution in [0, 0.1) is 6.92 Å². The first-order chi connectivity index (χ1) is 10.2. The molecule has 0 bridgehead atoms. The minimum Gasteiger partial charge on any atom is -0.496 e. The van der Waals surface area contributed by atoms with Crippen molar-refractivity contribution in [1.29, 1.82) is 0 Å². The zero-order valence-corrected chi connectivity index (χ0v) is 12.2. The van der Waals surface area contributed by atoms with Gasteiger partial charge in [-0.1, -0.05) is 30.3 Å². The fraction of sp³-hybridized carbons (Fsp3) is 0.167. The molecular formula is C18H18N2O. The number of methoxy groups -OCH3 is 1. The topological polar surface area (TPSA) is 48.1 Å². The van der Waals surface area contributed by atoms with Crippen molar-refractivity contribution >= 4 is 10.9 Å². The predicted octanol–water partition coefficient (Wildman–Crippen LogP) is 3.60. The molecule has 106 valence electrons. The van der Waals surface area contributed by atoms with Crippen molar-refractivity contribution in [2.24, 2.45) is 5.73 Å². The van der Waals surface area contributed by atoms with Gasteiger partial charge in [-0.3, -0.25) is 4.98 Å². The number of hydrogen-bond donors (Lipinski definition) is 1. The lowest BCUT2D eigenvalue weighted by Gasteiger charge is -2.18. The Kier molecular flexibility index (Phi) is 3.59. The maximum absolute atomic E-state index is 6.50. The van der Waals surface area contributed by atoms with Crippen LogP contribution in [0.2, 0.25) is 0 Å². The summed E-state index contributed by atoms with van der Waals surface area (Å²) in [6.07, 6.45) is 1.80. The molecule has 1 aromatic heterocycles. The van der Waals surface area contributed by atoms with Gasteiger partial charge in [-0.2, -0.15) is 0 Å². The molecule has 0 saturated carbocycles. The van der Waals surface area contributed by atoms with E-state index in [0.29, 0.717) is 0 Å². The zero-order chi connectivity index (χ0) is 14.8. The number of hydrogen-bond acceptors (Lipinski definition) is 3. The van der Waals surface area contributed by atoms with E-state index in [1.165, 1.54) is 0 Å². The molecule has 0 radical (unpaired) electrons. The Morgan fingerprint density at radius 3 is 2.71 bits per heavy atom. The Labute approximate surface area is 124 Å². The number of ether oxygens (including phenoxy) is 1. The molecule has 0 amide bonds. The number of aromatic nitrogens is 1. The van der Waals surface area contributed by atoms with Crippen LogP contribution >= 0.6 is 0 Å². The molecule has 0 aliphatic heterocycles. The van der Waals surface area contributed by atoms with Crippen molar-refractivity contribution in [2.45, 2.75) is 13.0 Å². The Morgan fingerprint density at radius 1 is 1.05 bits per heavy atom. The van der Waals surface area contributed by atoms with Gasteiger partial charge < -0.3 is 10.5 Å². The molecule has 21 heavy (non-hydrogen) atoms. The summed E-state index contributed by atoms with van der Waals surface area (Å²) in [4.78, 5) is 4.39. The molecule has 0 aliphatic rings. The molecular weight excluding hydrogens is 260 g/mol. The fourth-order valence-electron chi connectivity index (χ4n) is 2.64. The predicted molar refractivity (Wildman–Crippen MR) is 85.5 cm³/mol. The molecule has 0 spiro atoms. The number of nitrogens with zero attached hydrogens (tertiary/aromatic N) is 1. The summed E-state index contributed by atoms with van der Waals surface area (Å²) in [7, 11) is 1.68. The van der Waals surface area contributed by atoms with E-state index >= 15 is 0 Å². The standard InChI is InChI=1S/C18H18N2O/c1-12-8-9-15(17(11-12)21-2)18(19)14-5-3-7-16-13(14)6-4-10-20-16/h3-11,18H,19H2,1-2H3. The van der Waals surface area contributed by atoms with Crippen molar-refractivity contribution in [3.8, 4) is 5.75 Å². The van der Waals surface area contributed by atoms with Gasteiger partial charge >= 0.3 is 0 Å². The van der Waals surface area contributed by atoms with Crippen LogP contribution in [0.1, 0.15) is 22.7 Å². The Balaban J connectivity index is 2.15. The molecule has 2 aromatic carbocycles. The van der Waals surface area contributed by atoms with Crippen LogP contribution < -0.4 is 10.5 Å². The van der Waals surface area contributed by atoms with Crippen LogP contribution in [0.4, 0.5) is 0 Å². The Hall–Kier alpha value is -2.39. The van der Waals surface area contributed by atoms with Gasteiger partial charge in [0.25, 0.3) is 0 Å². The quantitative estimate of drug-likeness (QED) is 0.796. The highest BCUT2D eigenvalue weighted by molar-refractivity contribution is 5.83. The molecule has 3 nitrogen and oxygen atoms in total. The number of pyridine rings is 1. The molecule has 1 unspecified atom stereocenters. The number of rotatable bonds is 3. The maximum Gasteiger partial charge on any atom is 0.124 e. The molecule has 3 heteroatoms. The van der Waals surface area contributed by atoms with Gasteiger partial charge in [0, 0.05) is 17.1 Å². The number of fused-ring (bicyclic) bond motifs is 1. The van der Waals surface area contributed by atoms with Crippen LogP contribution in [-0.2, 0) is 0 Å². The summed E-state index contributed by atoms with van der Waals surface area (Å²) >= 11 is 0. The fourth-order valence-corrected chi connectivity index (χ4v) is 2.64. The largest absolute Gasteiger partial charge is 0.496 e. The van der Waals surface area contributed by atoms with Crippen molar-refractivity contribution < 1.29 is 4.74 Å². The average Bonchev–Trinajstić information content (AvgIpc) is 2.53. The van der Waals surface area contributed by atoms with Crippen LogP contribution in [0.5, 0.6) is 5.75 Å². The van der Waals surface area contributed by atoms with Crippen LogP contribution in [0.3, 0.4) is 0 Å². The highest BCUT2D eigenvalue weighted by atomic mass is 16.5. The average molecular weight is 278 g/mol. The van der Waals surface area contributed by atoms with Gasteiger partial charge in [0.05, 0.1) is 18.7 Å². The van der Waals surface area contributed by atoms with Gasteiger partial charge in [-0.25, -0.2) is 0 Å². The third-order valence-electron chi connectivity index (χ3n) is 3.74. The summed E-state index contributed by atoms with van der Waals surface area (Å²) < 4.78 is 5.49. The maximum atomic E-state index is 6.50. The molecule has 0 saturated heterocycles. The van der Waals surface area contributed by atoms with Crippen molar-refractivity contribution in [1.82, 2.24) is 4.98 Å². The number of nitrogens with two attached hydrogens (primary N) is 1. The highest BCUT2D eigenvalue weighted by Gasteiger charge is 2.16. The molecule has 0 aliphatic carbocycles. The van der Waals surface area contributed by atoms with Crippen molar-refractivity contribution in [3.05, 3.63) is 71.4 Å². The Morgan fingerprint density at radius 2 is 1.90 bits per heavy atom. The van der Waals surface area contributed by atoms with Crippen LogP contribution in [0.15, 0.2) is 54.7 Å². The summed E-state index contributed by atoms with van der Waals surface area (Å²) in [6.45, 7) is 2.04. The van der Waals surface area contributed by atoms with Gasteiger partial charge in [0.2, 0.25) is 0 Å². The van der Waals surface area contributed by atoms with Crippen LogP contribution in [-0.4, -0.2) is 12.1 Å². The normalized spacial score (nSPS) is 12.3. The second-order valence-corrected chi connectivity index (χ2v) is 5.14. The third kappa shape index (κ3) is 2.48. The summed E-state index contributed by atoms with van der Waals surface area (Å²) in [5, 5.41) is 1.08. The number of aryl methyl sites for hydroxylation is 1. The minimum absolute atomic E-state index is 0.242. The van der Waals surface area contributed by atoms with E-state index < -0.39 is 0 Å². The van der Waals surface area contributed by atoms with Gasteiger partial charge in [-0.05, 0) is 36.2 Å². The Bertz CT molecular complexity index is 778. The van der Waals surface area contributed by atoms with Gasteiger partial charge in [-0.15, -0.1) is 0 Å². The van der Waals surface area contributed by atoms with Crippen molar-refractivity contribution in [2.75, 3.05) is 7.11 Å². The third-order valence-corrected chi connectivity index (χ3v) is 3.74. The summed E-state index contributed by atoms with van der Waals surface area (Å²) in [6, 6.07) is 15.9. The van der Waals surface area contributed by atoms with E-state index in [9.17, 15) is 0 Å². The minimum atomic E-state index is -0.242. The van der Waals surface area contributed by atoms with E-state index in [1.54, 1.807) is 13.3 Å². The van der Waals surface area contributed by atoms with Gasteiger partial charge in [0.15, 0.2) is 0 Å². The van der Waals surface area contributed by atoms with E-state index in [0.717, 1.165) is 33.3 Å². The van der Waals surface area contributed by atoms with E-state index in [1.807, 2.05) is 43.3 Å². The lowest BCUT2D eigenvalue weighted by molar-refractivity contribution is 0.407. The van der Waals surface area contributed by atoms with E-state index in [4.69, 9.17) is 10.5 Å². The lowest BCUT2D eigenvalue weighted by Crippen LogP contribution is -2.13. The SMILES string of the molecule is COc1cc(C)ccc1C(N)c1cccc2ncccc12. The molecule has 1 atom stereocenters. The van der Waals surface area contributed by atoms with Gasteiger partial charge in [0.1, 0.15) is 5.75 Å². The smallest absolute Gasteiger partial charge is 0.124 e. The van der Waals surface area contributed by atoms with E-state index in [-0.39, 0.29) is 6.04 Å². The molecule has 3 rings (SSSR count). The first-order valence-corrected chi connectivity index (χ1v) is 6.94. The van der Waals surface area contributed by atoms with E-state index in [2.05, 4.69) is 17.1 Å². The highest BCUT2D eigenvalue weighted by Crippen LogP contribution is 2.32. The molecule has 0 fully saturated rings. The second-order valence-electron chi connectivity index (χ2n) is 5.14. The zero-order valence-electron chi connectivity index (χ0n) is 12.2. The summed E-state index contributed by atoms with van der Waals surface area (Å²) in [5.41, 5.74) is 10.7. The monoisotopic (exact) mass is 278 g/mol. The molecule has 1 heterocycles. The first kappa shape index (κ1) is 13.6. The number of benzene rings is 2. The second kappa shape index (κ2) is 5.54.